The van der Waals surface area contributed by atoms with Crippen molar-refractivity contribution in [1.29, 1.82) is 0 Å². The summed E-state index contributed by atoms with van der Waals surface area (Å²) >= 11 is 0. The molecule has 5 nitrogen and oxygen atoms in total. The summed E-state index contributed by atoms with van der Waals surface area (Å²) in [6.07, 6.45) is 3.26. The van der Waals surface area contributed by atoms with E-state index in [0.29, 0.717) is 24.8 Å². The largest absolute Gasteiger partial charge is 0.480 e. The molecule has 1 rings (SSSR count). The molecule has 1 fully saturated rings. The van der Waals surface area contributed by atoms with Gasteiger partial charge in [0.05, 0.1) is 0 Å². The van der Waals surface area contributed by atoms with Crippen LogP contribution in [0.4, 0.5) is 4.79 Å². The number of carbonyl (C=O) groups excluding carboxylic acids is 1. The summed E-state index contributed by atoms with van der Waals surface area (Å²) in [6, 6.07) is -0.763. The van der Waals surface area contributed by atoms with Crippen molar-refractivity contribution in [2.75, 3.05) is 13.2 Å². The first-order chi connectivity index (χ1) is 8.95. The van der Waals surface area contributed by atoms with Gasteiger partial charge >= 0.3 is 12.1 Å². The van der Waals surface area contributed by atoms with Crippen LogP contribution >= 0.6 is 0 Å². The Morgan fingerprint density at radius 1 is 1.47 bits per heavy atom. The number of ether oxygens (including phenoxy) is 1. The maximum absolute atomic E-state index is 11.9. The molecule has 1 aliphatic heterocycles. The third kappa shape index (κ3) is 4.58. The first-order valence-electron chi connectivity index (χ1n) is 6.72. The van der Waals surface area contributed by atoms with Crippen molar-refractivity contribution in [3.63, 3.8) is 0 Å². The number of aliphatic carboxylic acids is 1. The highest BCUT2D eigenvalue weighted by Gasteiger charge is 2.36. The van der Waals surface area contributed by atoms with Gasteiger partial charge in [0.15, 0.2) is 0 Å². The summed E-state index contributed by atoms with van der Waals surface area (Å²) in [5.74, 6) is -0.0668. The van der Waals surface area contributed by atoms with Gasteiger partial charge in [0, 0.05) is 6.54 Å². The second-order valence-electron chi connectivity index (χ2n) is 5.44. The van der Waals surface area contributed by atoms with Crippen LogP contribution in [0.25, 0.3) is 0 Å². The quantitative estimate of drug-likeness (QED) is 0.779. The zero-order valence-corrected chi connectivity index (χ0v) is 11.7. The van der Waals surface area contributed by atoms with Gasteiger partial charge in [-0.2, -0.15) is 0 Å². The maximum atomic E-state index is 11.9. The second kappa shape index (κ2) is 7.16. The normalized spacial score (nSPS) is 23.2. The van der Waals surface area contributed by atoms with Crippen LogP contribution in [0.3, 0.4) is 0 Å². The molecule has 108 valence electrons. The first kappa shape index (κ1) is 15.5. The molecular formula is C14H23NO4. The van der Waals surface area contributed by atoms with E-state index in [1.54, 1.807) is 0 Å². The zero-order chi connectivity index (χ0) is 14.4. The molecule has 0 bridgehead atoms. The van der Waals surface area contributed by atoms with Gasteiger partial charge in [-0.3, -0.25) is 4.90 Å². The number of hydrogen-bond donors (Lipinski definition) is 1. The van der Waals surface area contributed by atoms with Crippen LogP contribution in [0.5, 0.6) is 0 Å². The molecule has 2 unspecified atom stereocenters. The van der Waals surface area contributed by atoms with E-state index in [-0.39, 0.29) is 6.61 Å². The lowest BCUT2D eigenvalue weighted by Gasteiger charge is -2.37. The highest BCUT2D eigenvalue weighted by atomic mass is 16.6. The van der Waals surface area contributed by atoms with Crippen LogP contribution in [0, 0.1) is 11.8 Å². The number of carboxylic acid groups (broad SMARTS) is 1. The highest BCUT2D eigenvalue weighted by Crippen LogP contribution is 2.27. The summed E-state index contributed by atoms with van der Waals surface area (Å²) in [5.41, 5.74) is 0. The lowest BCUT2D eigenvalue weighted by atomic mass is 9.87. The third-order valence-electron chi connectivity index (χ3n) is 3.33. The molecule has 0 aromatic carbocycles. The van der Waals surface area contributed by atoms with Gasteiger partial charge in [0.1, 0.15) is 12.6 Å². The average molecular weight is 269 g/mol. The zero-order valence-electron chi connectivity index (χ0n) is 11.7. The number of carbonyl (C=O) groups is 2. The summed E-state index contributed by atoms with van der Waals surface area (Å²) < 4.78 is 4.97. The van der Waals surface area contributed by atoms with E-state index in [9.17, 15) is 14.7 Å². The molecule has 2 atom stereocenters. The van der Waals surface area contributed by atoms with Crippen molar-refractivity contribution in [3.8, 4) is 0 Å². The predicted molar refractivity (Wildman–Crippen MR) is 71.9 cm³/mol. The molecule has 1 aliphatic rings. The van der Waals surface area contributed by atoms with E-state index in [1.807, 2.05) is 0 Å². The van der Waals surface area contributed by atoms with Gasteiger partial charge in [0.25, 0.3) is 0 Å². The number of amides is 1. The molecule has 1 heterocycles. The van der Waals surface area contributed by atoms with Crippen molar-refractivity contribution in [2.45, 2.75) is 39.2 Å². The van der Waals surface area contributed by atoms with Crippen molar-refractivity contribution in [3.05, 3.63) is 12.7 Å². The van der Waals surface area contributed by atoms with E-state index >= 15 is 0 Å². The minimum absolute atomic E-state index is 0.108. The van der Waals surface area contributed by atoms with Crippen LogP contribution in [-0.2, 0) is 9.53 Å². The van der Waals surface area contributed by atoms with Crippen molar-refractivity contribution < 1.29 is 19.4 Å². The monoisotopic (exact) mass is 269 g/mol. The minimum Gasteiger partial charge on any atom is -0.480 e. The van der Waals surface area contributed by atoms with Crippen molar-refractivity contribution >= 4 is 12.1 Å². The molecule has 1 N–H and O–H groups in total. The Kier molecular flexibility index (Phi) is 5.86. The molecule has 0 spiro atoms. The summed E-state index contributed by atoms with van der Waals surface area (Å²) in [6.45, 7) is 8.30. The van der Waals surface area contributed by atoms with Crippen LogP contribution in [0.15, 0.2) is 12.7 Å². The third-order valence-corrected chi connectivity index (χ3v) is 3.33. The molecule has 5 heteroatoms. The minimum atomic E-state index is -0.960. The van der Waals surface area contributed by atoms with E-state index in [4.69, 9.17) is 4.74 Å². The molecule has 19 heavy (non-hydrogen) atoms. The van der Waals surface area contributed by atoms with Crippen molar-refractivity contribution in [2.24, 2.45) is 11.8 Å². The second-order valence-corrected chi connectivity index (χ2v) is 5.44. The van der Waals surface area contributed by atoms with E-state index in [0.717, 1.165) is 12.8 Å². The molecule has 0 aliphatic carbocycles. The van der Waals surface area contributed by atoms with Gasteiger partial charge in [-0.15, -0.1) is 0 Å². The van der Waals surface area contributed by atoms with Gasteiger partial charge in [-0.25, -0.2) is 9.59 Å². The Labute approximate surface area is 114 Å². The highest BCUT2D eigenvalue weighted by molar-refractivity contribution is 5.80. The maximum Gasteiger partial charge on any atom is 0.410 e. The van der Waals surface area contributed by atoms with Gasteiger partial charge < -0.3 is 9.84 Å². The molecule has 0 radical (unpaired) electrons. The van der Waals surface area contributed by atoms with Gasteiger partial charge in [-0.05, 0) is 31.1 Å². The van der Waals surface area contributed by atoms with Gasteiger partial charge in [-0.1, -0.05) is 26.5 Å². The van der Waals surface area contributed by atoms with Crippen LogP contribution in [-0.4, -0.2) is 41.3 Å². The number of carboxylic acids is 1. The Bertz CT molecular complexity index is 340. The number of hydrogen-bond acceptors (Lipinski definition) is 3. The molecule has 0 aromatic rings. The van der Waals surface area contributed by atoms with Crippen molar-refractivity contribution in [1.82, 2.24) is 4.90 Å². The smallest absolute Gasteiger partial charge is 0.410 e. The average Bonchev–Trinajstić information content (AvgIpc) is 2.34. The fourth-order valence-corrected chi connectivity index (χ4v) is 2.58. The van der Waals surface area contributed by atoms with Crippen LogP contribution in [0.2, 0.25) is 0 Å². The molecule has 1 amide bonds. The first-order valence-corrected chi connectivity index (χ1v) is 6.72. The summed E-state index contributed by atoms with van der Waals surface area (Å²) in [4.78, 5) is 24.4. The topological polar surface area (TPSA) is 66.8 Å². The number of likely N-dealkylation sites (tertiary alicyclic amines) is 1. The standard InChI is InChI=1S/C14H23NO4/c1-4-7-19-14(18)15-9-11(8-10(2)3)5-6-12(15)13(16)17/h4,10-12H,1,5-9H2,2-3H3,(H,16,17). The Hall–Kier alpha value is -1.52. The van der Waals surface area contributed by atoms with E-state index in [2.05, 4.69) is 20.4 Å². The Morgan fingerprint density at radius 2 is 2.16 bits per heavy atom. The fraction of sp³-hybridized carbons (Fsp3) is 0.714. The molecule has 0 saturated carbocycles. The lowest BCUT2D eigenvalue weighted by molar-refractivity contribution is -0.144. The van der Waals surface area contributed by atoms with E-state index < -0.39 is 18.1 Å². The molecule has 0 aromatic heterocycles. The number of rotatable bonds is 5. The summed E-state index contributed by atoms with van der Waals surface area (Å²) in [7, 11) is 0. The predicted octanol–water partition coefficient (Wildman–Crippen LogP) is 2.52. The number of nitrogens with zero attached hydrogens (tertiary/aromatic N) is 1. The lowest BCUT2D eigenvalue weighted by Crippen LogP contribution is -2.51. The van der Waals surface area contributed by atoms with Crippen LogP contribution < -0.4 is 0 Å². The van der Waals surface area contributed by atoms with Gasteiger partial charge in [0.2, 0.25) is 0 Å². The molecule has 1 saturated heterocycles. The SMILES string of the molecule is C=CCOC(=O)N1CC(CC(C)C)CCC1C(=O)O. The van der Waals surface area contributed by atoms with E-state index in [1.165, 1.54) is 11.0 Å². The van der Waals surface area contributed by atoms with Crippen LogP contribution in [0.1, 0.15) is 33.1 Å². The fourth-order valence-electron chi connectivity index (χ4n) is 2.58. The molecular weight excluding hydrogens is 246 g/mol. The Morgan fingerprint density at radius 3 is 2.68 bits per heavy atom. The number of piperidine rings is 1. The summed E-state index contributed by atoms with van der Waals surface area (Å²) in [5, 5.41) is 9.18. The Balaban J connectivity index is 2.69.